The molecule has 4 rings (SSSR count). The molecular formula is C19H18ClN5O2S. The number of thioether (sulfide) groups is 1. The van der Waals surface area contributed by atoms with Crippen LogP contribution in [0.2, 0.25) is 5.02 Å². The van der Waals surface area contributed by atoms with Gasteiger partial charge in [0.15, 0.2) is 5.82 Å². The predicted octanol–water partition coefficient (Wildman–Crippen LogP) is 3.13. The van der Waals surface area contributed by atoms with Crippen molar-refractivity contribution in [1.29, 1.82) is 0 Å². The molecule has 0 radical (unpaired) electrons. The number of halogens is 1. The van der Waals surface area contributed by atoms with Crippen LogP contribution in [-0.4, -0.2) is 43.3 Å². The third-order valence-electron chi connectivity index (χ3n) is 4.30. The molecule has 9 heteroatoms. The van der Waals surface area contributed by atoms with Crippen LogP contribution in [0.5, 0.6) is 5.88 Å². The summed E-state index contributed by atoms with van der Waals surface area (Å²) in [6.07, 6.45) is 4.36. The largest absolute Gasteiger partial charge is 0.473 e. The fourth-order valence-corrected chi connectivity index (χ4v) is 4.04. The highest BCUT2D eigenvalue weighted by Gasteiger charge is 2.18. The van der Waals surface area contributed by atoms with Gasteiger partial charge < -0.3 is 10.1 Å². The Morgan fingerprint density at radius 1 is 1.29 bits per heavy atom. The smallest absolute Gasteiger partial charge is 0.253 e. The van der Waals surface area contributed by atoms with Gasteiger partial charge in [0.2, 0.25) is 5.88 Å². The van der Waals surface area contributed by atoms with Crippen LogP contribution in [0.3, 0.4) is 0 Å². The molecular weight excluding hydrogens is 398 g/mol. The van der Waals surface area contributed by atoms with Crippen molar-refractivity contribution in [3.8, 4) is 11.6 Å². The zero-order chi connectivity index (χ0) is 19.3. The number of hydrogen-bond acceptors (Lipinski definition) is 6. The van der Waals surface area contributed by atoms with E-state index in [-0.39, 0.29) is 18.6 Å². The summed E-state index contributed by atoms with van der Waals surface area (Å²) in [5, 5.41) is 11.5. The van der Waals surface area contributed by atoms with Crippen molar-refractivity contribution in [1.82, 2.24) is 25.1 Å². The van der Waals surface area contributed by atoms with Crippen molar-refractivity contribution in [2.45, 2.75) is 19.1 Å². The van der Waals surface area contributed by atoms with Gasteiger partial charge in [-0.1, -0.05) is 11.6 Å². The summed E-state index contributed by atoms with van der Waals surface area (Å²) in [7, 11) is 0. The number of benzene rings is 1. The number of aromatic nitrogens is 4. The van der Waals surface area contributed by atoms with Gasteiger partial charge in [0.1, 0.15) is 12.4 Å². The van der Waals surface area contributed by atoms with Crippen LogP contribution >= 0.6 is 23.4 Å². The molecule has 1 aromatic carbocycles. The normalized spacial score (nSPS) is 16.1. The monoisotopic (exact) mass is 415 g/mol. The third-order valence-corrected chi connectivity index (χ3v) is 5.69. The van der Waals surface area contributed by atoms with Gasteiger partial charge in [-0.2, -0.15) is 11.8 Å². The van der Waals surface area contributed by atoms with Crippen molar-refractivity contribution in [3.63, 3.8) is 0 Å². The molecule has 0 spiro atoms. The maximum Gasteiger partial charge on any atom is 0.253 e. The highest BCUT2D eigenvalue weighted by Crippen LogP contribution is 2.22. The predicted molar refractivity (Wildman–Crippen MR) is 108 cm³/mol. The average Bonchev–Trinajstić information content (AvgIpc) is 3.39. The molecule has 1 amide bonds. The second-order valence-electron chi connectivity index (χ2n) is 6.26. The first-order chi connectivity index (χ1) is 13.7. The lowest BCUT2D eigenvalue weighted by Crippen LogP contribution is -2.24. The summed E-state index contributed by atoms with van der Waals surface area (Å²) in [6.45, 7) is 0.235. The summed E-state index contributed by atoms with van der Waals surface area (Å²) in [5.74, 6) is 3.03. The Hall–Kier alpha value is -2.58. The van der Waals surface area contributed by atoms with E-state index in [9.17, 15) is 4.79 Å². The number of nitrogens with zero attached hydrogens (tertiary/aromatic N) is 4. The van der Waals surface area contributed by atoms with Crippen LogP contribution in [0.15, 0.2) is 48.9 Å². The van der Waals surface area contributed by atoms with Crippen molar-refractivity contribution < 1.29 is 9.53 Å². The molecule has 3 aromatic rings. The van der Waals surface area contributed by atoms with E-state index < -0.39 is 0 Å². The van der Waals surface area contributed by atoms with Crippen LogP contribution in [0.25, 0.3) is 5.69 Å². The third kappa shape index (κ3) is 4.45. The summed E-state index contributed by atoms with van der Waals surface area (Å²) >= 11 is 7.81. The molecule has 1 atom stereocenters. The first kappa shape index (κ1) is 18.8. The Morgan fingerprint density at radius 2 is 2.14 bits per heavy atom. The first-order valence-electron chi connectivity index (χ1n) is 8.82. The SMILES string of the molecule is O=C(NCc1nncn1-c1ccc(Cl)cc1)c1ccc(OC2CCSC2)nc1. The maximum absolute atomic E-state index is 12.4. The van der Waals surface area contributed by atoms with Crippen LogP contribution in [0.4, 0.5) is 0 Å². The van der Waals surface area contributed by atoms with Gasteiger partial charge in [0, 0.05) is 28.7 Å². The Bertz CT molecular complexity index is 940. The lowest BCUT2D eigenvalue weighted by atomic mass is 10.2. The summed E-state index contributed by atoms with van der Waals surface area (Å²) in [4.78, 5) is 16.7. The molecule has 1 aliphatic rings. The van der Waals surface area contributed by atoms with E-state index in [4.69, 9.17) is 16.3 Å². The quantitative estimate of drug-likeness (QED) is 0.666. The topological polar surface area (TPSA) is 81.9 Å². The zero-order valence-corrected chi connectivity index (χ0v) is 16.5. The first-order valence-corrected chi connectivity index (χ1v) is 10.4. The number of pyridine rings is 1. The fourth-order valence-electron chi connectivity index (χ4n) is 2.82. The molecule has 1 unspecified atom stereocenters. The van der Waals surface area contributed by atoms with E-state index >= 15 is 0 Å². The minimum Gasteiger partial charge on any atom is -0.473 e. The second-order valence-corrected chi connectivity index (χ2v) is 7.85. The highest BCUT2D eigenvalue weighted by atomic mass is 35.5. The number of nitrogens with one attached hydrogen (secondary N) is 1. The molecule has 1 N–H and O–H groups in total. The van der Waals surface area contributed by atoms with Crippen LogP contribution in [0.1, 0.15) is 22.6 Å². The molecule has 0 bridgehead atoms. The van der Waals surface area contributed by atoms with E-state index in [1.165, 1.54) is 6.20 Å². The molecule has 0 saturated carbocycles. The van der Waals surface area contributed by atoms with Gasteiger partial charge in [-0.3, -0.25) is 9.36 Å². The molecule has 7 nitrogen and oxygen atoms in total. The minimum atomic E-state index is -0.235. The molecule has 3 heterocycles. The fraction of sp³-hybridized carbons (Fsp3) is 0.263. The Labute approximate surface area is 171 Å². The number of amides is 1. The van der Waals surface area contributed by atoms with Gasteiger partial charge >= 0.3 is 0 Å². The highest BCUT2D eigenvalue weighted by molar-refractivity contribution is 7.99. The zero-order valence-electron chi connectivity index (χ0n) is 14.9. The van der Waals surface area contributed by atoms with Gasteiger partial charge in [-0.15, -0.1) is 10.2 Å². The molecule has 144 valence electrons. The van der Waals surface area contributed by atoms with Crippen molar-refractivity contribution in [3.05, 3.63) is 65.3 Å². The van der Waals surface area contributed by atoms with Gasteiger partial charge in [0.25, 0.3) is 5.91 Å². The maximum atomic E-state index is 12.4. The Kier molecular flexibility index (Phi) is 5.78. The second kappa shape index (κ2) is 8.62. The molecule has 1 fully saturated rings. The minimum absolute atomic E-state index is 0.205. The van der Waals surface area contributed by atoms with Gasteiger partial charge in [0.05, 0.1) is 12.1 Å². The van der Waals surface area contributed by atoms with Crippen molar-refractivity contribution >= 4 is 29.3 Å². The standard InChI is InChI=1S/C19H18ClN5O2S/c20-14-2-4-15(5-3-14)25-12-23-24-17(25)10-22-19(26)13-1-6-18(21-9-13)27-16-7-8-28-11-16/h1-6,9,12,16H,7-8,10-11H2,(H,22,26). The summed E-state index contributed by atoms with van der Waals surface area (Å²) in [5.41, 5.74) is 1.33. The van der Waals surface area contributed by atoms with Crippen LogP contribution < -0.4 is 10.1 Å². The molecule has 1 aliphatic heterocycles. The lowest BCUT2D eigenvalue weighted by Gasteiger charge is -2.11. The average molecular weight is 416 g/mol. The van der Waals surface area contributed by atoms with Crippen molar-refractivity contribution in [2.75, 3.05) is 11.5 Å². The molecule has 28 heavy (non-hydrogen) atoms. The molecule has 0 aliphatic carbocycles. The summed E-state index contributed by atoms with van der Waals surface area (Å²) in [6, 6.07) is 10.8. The van der Waals surface area contributed by atoms with Crippen molar-refractivity contribution in [2.24, 2.45) is 0 Å². The number of carbonyl (C=O) groups excluding carboxylic acids is 1. The van der Waals surface area contributed by atoms with Crippen LogP contribution in [0, 0.1) is 0 Å². The Balaban J connectivity index is 1.37. The number of hydrogen-bond donors (Lipinski definition) is 1. The van der Waals surface area contributed by atoms with E-state index in [2.05, 4.69) is 20.5 Å². The molecule has 1 saturated heterocycles. The van der Waals surface area contributed by atoms with E-state index in [1.54, 1.807) is 35.2 Å². The lowest BCUT2D eigenvalue weighted by molar-refractivity contribution is 0.0949. The number of ether oxygens (including phenoxy) is 1. The number of rotatable bonds is 6. The van der Waals surface area contributed by atoms with E-state index in [0.717, 1.165) is 23.6 Å². The molecule has 2 aromatic heterocycles. The van der Waals surface area contributed by atoms with E-state index in [0.29, 0.717) is 22.3 Å². The van der Waals surface area contributed by atoms with Gasteiger partial charge in [-0.05, 0) is 42.5 Å². The Morgan fingerprint density at radius 3 is 2.86 bits per heavy atom. The van der Waals surface area contributed by atoms with E-state index in [1.807, 2.05) is 23.9 Å². The van der Waals surface area contributed by atoms with Gasteiger partial charge in [-0.25, -0.2) is 4.98 Å². The summed E-state index contributed by atoms with van der Waals surface area (Å²) < 4.78 is 7.60. The number of carbonyl (C=O) groups is 1. The van der Waals surface area contributed by atoms with Crippen LogP contribution in [-0.2, 0) is 6.54 Å².